The number of aliphatic hydroxyl groups excluding tert-OH is 2. The van der Waals surface area contributed by atoms with Crippen LogP contribution >= 0.6 is 0 Å². The van der Waals surface area contributed by atoms with E-state index in [9.17, 15) is 19.8 Å². The SMILES string of the molecule is COC[C@H]1OC(=O)/C(=C\NC(C)(C)C)C2=C(O)C(=O)C3=C([C]C[C@@]4(C)C3CC[C@@H]4O)[C@]21C. The molecule has 3 N–H and O–H groups in total. The lowest BCUT2D eigenvalue weighted by atomic mass is 9.54. The number of nitrogens with one attached hydrogen (secondary N) is 1. The number of carbonyl (C=O) groups excluding carboxylic acids is 2. The van der Waals surface area contributed by atoms with Gasteiger partial charge in [0.05, 0.1) is 23.7 Å². The molecule has 0 aromatic rings. The van der Waals surface area contributed by atoms with Crippen molar-refractivity contribution in [2.45, 2.75) is 71.6 Å². The Hall–Kier alpha value is -2.12. The van der Waals surface area contributed by atoms with Gasteiger partial charge in [-0.05, 0) is 58.4 Å². The summed E-state index contributed by atoms with van der Waals surface area (Å²) in [6.45, 7) is 9.80. The molecule has 1 unspecified atom stereocenters. The summed E-state index contributed by atoms with van der Waals surface area (Å²) >= 11 is 0. The number of rotatable bonds is 3. The van der Waals surface area contributed by atoms with E-state index < -0.39 is 40.5 Å². The Morgan fingerprint density at radius 1 is 1.28 bits per heavy atom. The van der Waals surface area contributed by atoms with Crippen LogP contribution in [0.25, 0.3) is 0 Å². The highest BCUT2D eigenvalue weighted by Gasteiger charge is 2.61. The van der Waals surface area contributed by atoms with Gasteiger partial charge in [0.15, 0.2) is 5.76 Å². The molecule has 3 aliphatic carbocycles. The van der Waals surface area contributed by atoms with E-state index in [4.69, 9.17) is 9.47 Å². The smallest absolute Gasteiger partial charge is 0.340 e. The third kappa shape index (κ3) is 3.16. The average molecular weight is 444 g/mol. The van der Waals surface area contributed by atoms with Gasteiger partial charge in [0.1, 0.15) is 6.10 Å². The molecule has 0 aromatic heterocycles. The fourth-order valence-corrected chi connectivity index (χ4v) is 5.74. The standard InChI is InChI=1S/C25H33NO6/c1-23(2,3)26-11-13-19-21(29)20(28)18-14-7-8-16(27)24(14,4)10-9-15(18)25(19,5)17(12-31-6)32-22(13)30/h11,14,16-17,26-27,29H,7-8,10,12H2,1-6H3/b13-11-/t14?,16-,17+,24-,25-/m0/s1. The number of ketones is 1. The molecule has 0 bridgehead atoms. The van der Waals surface area contributed by atoms with Gasteiger partial charge < -0.3 is 25.0 Å². The lowest BCUT2D eigenvalue weighted by molar-refractivity contribution is -0.156. The summed E-state index contributed by atoms with van der Waals surface area (Å²) in [6, 6.07) is 0. The zero-order valence-corrected chi connectivity index (χ0v) is 19.7. The summed E-state index contributed by atoms with van der Waals surface area (Å²) in [7, 11) is 1.52. The van der Waals surface area contributed by atoms with Gasteiger partial charge in [-0.3, -0.25) is 4.79 Å². The van der Waals surface area contributed by atoms with Crippen LogP contribution in [0.3, 0.4) is 0 Å². The van der Waals surface area contributed by atoms with Crippen molar-refractivity contribution in [3.63, 3.8) is 0 Å². The van der Waals surface area contributed by atoms with Crippen LogP contribution in [-0.4, -0.2) is 53.4 Å². The third-order valence-electron chi connectivity index (χ3n) is 7.64. The summed E-state index contributed by atoms with van der Waals surface area (Å²) < 4.78 is 11.2. The molecular formula is C25H33NO6. The molecule has 0 amide bonds. The number of Topliss-reactive ketones (excluding diaryl/α,β-unsaturated/α-hetero) is 1. The van der Waals surface area contributed by atoms with Gasteiger partial charge in [0.2, 0.25) is 5.78 Å². The summed E-state index contributed by atoms with van der Waals surface area (Å²) in [5.74, 6) is -1.73. The van der Waals surface area contributed by atoms with E-state index in [1.165, 1.54) is 13.3 Å². The monoisotopic (exact) mass is 443 g/mol. The van der Waals surface area contributed by atoms with E-state index in [-0.39, 0.29) is 29.2 Å². The van der Waals surface area contributed by atoms with Gasteiger partial charge in [-0.15, -0.1) is 0 Å². The molecule has 1 saturated carbocycles. The van der Waals surface area contributed by atoms with E-state index in [0.29, 0.717) is 30.4 Å². The van der Waals surface area contributed by atoms with E-state index in [0.717, 1.165) is 0 Å². The van der Waals surface area contributed by atoms with Crippen LogP contribution < -0.4 is 5.32 Å². The largest absolute Gasteiger partial charge is 0.504 e. The van der Waals surface area contributed by atoms with Crippen LogP contribution in [0.5, 0.6) is 0 Å². The third-order valence-corrected chi connectivity index (χ3v) is 7.64. The molecule has 1 aliphatic heterocycles. The molecule has 2 fully saturated rings. The van der Waals surface area contributed by atoms with Crippen molar-refractivity contribution in [1.82, 2.24) is 5.32 Å². The Morgan fingerprint density at radius 3 is 2.59 bits per heavy atom. The number of allylic oxidation sites excluding steroid dienone is 1. The first-order chi connectivity index (χ1) is 14.9. The molecule has 174 valence electrons. The summed E-state index contributed by atoms with van der Waals surface area (Å²) in [5.41, 5.74) is -0.310. The summed E-state index contributed by atoms with van der Waals surface area (Å²) in [6.07, 6.45) is 5.41. The van der Waals surface area contributed by atoms with Crippen LogP contribution in [0.2, 0.25) is 0 Å². The minimum absolute atomic E-state index is 0.107. The maximum absolute atomic E-state index is 13.5. The zero-order chi connectivity index (χ0) is 23.6. The van der Waals surface area contributed by atoms with Crippen molar-refractivity contribution >= 4 is 11.8 Å². The maximum Gasteiger partial charge on any atom is 0.340 e. The zero-order valence-electron chi connectivity index (χ0n) is 19.7. The maximum atomic E-state index is 13.5. The van der Waals surface area contributed by atoms with Crippen LogP contribution in [0.15, 0.2) is 34.3 Å². The van der Waals surface area contributed by atoms with E-state index >= 15 is 0 Å². The Kier molecular flexibility index (Phi) is 5.37. The number of methoxy groups -OCH3 is 1. The van der Waals surface area contributed by atoms with E-state index in [1.807, 2.05) is 34.6 Å². The van der Waals surface area contributed by atoms with Gasteiger partial charge >= 0.3 is 5.97 Å². The lowest BCUT2D eigenvalue weighted by Gasteiger charge is -2.51. The Balaban J connectivity index is 1.92. The van der Waals surface area contributed by atoms with Gasteiger partial charge in [0.25, 0.3) is 0 Å². The van der Waals surface area contributed by atoms with Crippen molar-refractivity contribution in [3.8, 4) is 0 Å². The van der Waals surface area contributed by atoms with Crippen LogP contribution in [0, 0.1) is 23.2 Å². The van der Waals surface area contributed by atoms with Crippen molar-refractivity contribution < 1.29 is 29.3 Å². The number of fused-ring (bicyclic) bond motifs is 4. The predicted molar refractivity (Wildman–Crippen MR) is 117 cm³/mol. The van der Waals surface area contributed by atoms with Crippen LogP contribution in [0.1, 0.15) is 53.9 Å². The number of hydrogen-bond donors (Lipinski definition) is 3. The topological polar surface area (TPSA) is 105 Å². The first kappa shape index (κ1) is 23.1. The van der Waals surface area contributed by atoms with Gasteiger partial charge in [-0.1, -0.05) is 6.92 Å². The van der Waals surface area contributed by atoms with Gasteiger partial charge in [0, 0.05) is 41.8 Å². The Morgan fingerprint density at radius 2 is 1.97 bits per heavy atom. The summed E-state index contributed by atoms with van der Waals surface area (Å²) in [5, 5.41) is 25.0. The van der Waals surface area contributed by atoms with Crippen molar-refractivity contribution in [1.29, 1.82) is 0 Å². The first-order valence-corrected chi connectivity index (χ1v) is 11.2. The highest BCUT2D eigenvalue weighted by atomic mass is 16.6. The number of hydrogen-bond acceptors (Lipinski definition) is 7. The molecule has 5 atom stereocenters. The number of aliphatic hydroxyl groups is 2. The van der Waals surface area contributed by atoms with Crippen molar-refractivity contribution in [2.24, 2.45) is 16.7 Å². The average Bonchev–Trinajstić information content (AvgIpc) is 3.01. The molecular weight excluding hydrogens is 410 g/mol. The van der Waals surface area contributed by atoms with E-state index in [1.54, 1.807) is 0 Å². The van der Waals surface area contributed by atoms with E-state index in [2.05, 4.69) is 11.7 Å². The Labute approximate surface area is 189 Å². The normalized spacial score (nSPS) is 38.5. The second-order valence-corrected chi connectivity index (χ2v) is 10.9. The molecule has 32 heavy (non-hydrogen) atoms. The molecule has 1 saturated heterocycles. The molecule has 4 rings (SSSR count). The van der Waals surface area contributed by atoms with Gasteiger partial charge in [-0.25, -0.2) is 4.79 Å². The fraction of sp³-hybridized carbons (Fsp3) is 0.640. The van der Waals surface area contributed by atoms with Gasteiger partial charge in [-0.2, -0.15) is 0 Å². The molecule has 0 aromatic carbocycles. The summed E-state index contributed by atoms with van der Waals surface area (Å²) in [4.78, 5) is 26.5. The molecule has 7 heteroatoms. The number of ether oxygens (including phenoxy) is 2. The van der Waals surface area contributed by atoms with Crippen LogP contribution in [0.4, 0.5) is 0 Å². The fourth-order valence-electron chi connectivity index (χ4n) is 5.74. The lowest BCUT2D eigenvalue weighted by Crippen LogP contribution is -2.54. The quantitative estimate of drug-likeness (QED) is 0.455. The highest BCUT2D eigenvalue weighted by molar-refractivity contribution is 6.13. The predicted octanol–water partition coefficient (Wildman–Crippen LogP) is 2.79. The Bertz CT molecular complexity index is 954. The molecule has 0 spiro atoms. The number of esters is 1. The second kappa shape index (κ2) is 7.45. The highest BCUT2D eigenvalue weighted by Crippen LogP contribution is 2.62. The number of cyclic esters (lactones) is 1. The molecule has 2 radical (unpaired) electrons. The molecule has 7 nitrogen and oxygen atoms in total. The minimum atomic E-state index is -1.00. The number of carbonyl (C=O) groups is 2. The van der Waals surface area contributed by atoms with Crippen LogP contribution in [-0.2, 0) is 19.1 Å². The molecule has 4 aliphatic rings. The molecule has 1 heterocycles. The van der Waals surface area contributed by atoms with Crippen molar-refractivity contribution in [2.75, 3.05) is 13.7 Å². The minimum Gasteiger partial charge on any atom is -0.504 e. The van der Waals surface area contributed by atoms with Crippen molar-refractivity contribution in [3.05, 3.63) is 40.7 Å². The second-order valence-electron chi connectivity index (χ2n) is 10.9. The first-order valence-electron chi connectivity index (χ1n) is 11.2.